The molecule has 1 aliphatic rings. The maximum absolute atomic E-state index is 12.7. The first kappa shape index (κ1) is 24.1. The zero-order valence-corrected chi connectivity index (χ0v) is 19.6. The van der Waals surface area contributed by atoms with E-state index < -0.39 is 10.0 Å². The van der Waals surface area contributed by atoms with E-state index >= 15 is 0 Å². The molecule has 1 heterocycles. The summed E-state index contributed by atoms with van der Waals surface area (Å²) in [5.41, 5.74) is 0.797. The lowest BCUT2D eigenvalue weighted by molar-refractivity contribution is -0.134. The topological polar surface area (TPSA) is 84.9 Å². The van der Waals surface area contributed by atoms with Crippen molar-refractivity contribution in [2.75, 3.05) is 32.8 Å². The molecular weight excluding hydrogens is 428 g/mol. The molecule has 32 heavy (non-hydrogen) atoms. The Morgan fingerprint density at radius 1 is 1.09 bits per heavy atom. The van der Waals surface area contributed by atoms with E-state index in [2.05, 4.69) is 4.72 Å². The van der Waals surface area contributed by atoms with Crippen molar-refractivity contribution in [2.45, 2.75) is 38.0 Å². The van der Waals surface area contributed by atoms with Gasteiger partial charge in [0.2, 0.25) is 10.0 Å². The summed E-state index contributed by atoms with van der Waals surface area (Å²) in [5, 5.41) is 0. The first-order valence-corrected chi connectivity index (χ1v) is 12.6. The summed E-state index contributed by atoms with van der Waals surface area (Å²) in [5.74, 6) is 1.52. The van der Waals surface area contributed by atoms with E-state index in [1.807, 2.05) is 44.2 Å². The van der Waals surface area contributed by atoms with E-state index in [9.17, 15) is 13.2 Å². The third kappa shape index (κ3) is 6.71. The molecule has 1 saturated heterocycles. The Balaban J connectivity index is 1.44. The van der Waals surface area contributed by atoms with Crippen LogP contribution < -0.4 is 14.2 Å². The van der Waals surface area contributed by atoms with Gasteiger partial charge in [-0.05, 0) is 68.0 Å². The highest BCUT2D eigenvalue weighted by Crippen LogP contribution is 2.23. The van der Waals surface area contributed by atoms with Gasteiger partial charge in [-0.3, -0.25) is 4.79 Å². The van der Waals surface area contributed by atoms with E-state index in [-0.39, 0.29) is 23.3 Å². The Morgan fingerprint density at radius 3 is 2.47 bits per heavy atom. The monoisotopic (exact) mass is 460 g/mol. The van der Waals surface area contributed by atoms with Crippen molar-refractivity contribution in [1.29, 1.82) is 0 Å². The van der Waals surface area contributed by atoms with Gasteiger partial charge in [-0.15, -0.1) is 0 Å². The lowest BCUT2D eigenvalue weighted by Gasteiger charge is -2.32. The van der Waals surface area contributed by atoms with Gasteiger partial charge >= 0.3 is 0 Å². The normalized spacial score (nSPS) is 14.9. The largest absolute Gasteiger partial charge is 0.493 e. The minimum atomic E-state index is -3.59. The summed E-state index contributed by atoms with van der Waals surface area (Å²) in [7, 11) is -3.59. The molecule has 0 radical (unpaired) electrons. The predicted octanol–water partition coefficient (Wildman–Crippen LogP) is 3.38. The van der Waals surface area contributed by atoms with Crippen LogP contribution in [-0.2, 0) is 14.8 Å². The van der Waals surface area contributed by atoms with Gasteiger partial charge in [0.05, 0.1) is 11.5 Å². The Labute approximate surface area is 190 Å². The molecule has 1 aliphatic heterocycles. The van der Waals surface area contributed by atoms with E-state index in [1.54, 1.807) is 23.1 Å². The molecule has 3 rings (SSSR count). The van der Waals surface area contributed by atoms with Crippen molar-refractivity contribution >= 4 is 15.9 Å². The molecule has 0 aliphatic carbocycles. The van der Waals surface area contributed by atoms with Crippen molar-refractivity contribution in [1.82, 2.24) is 9.62 Å². The highest BCUT2D eigenvalue weighted by molar-refractivity contribution is 7.89. The van der Waals surface area contributed by atoms with Gasteiger partial charge in [0, 0.05) is 19.6 Å². The molecule has 8 heteroatoms. The highest BCUT2D eigenvalue weighted by Gasteiger charge is 2.25. The van der Waals surface area contributed by atoms with Crippen LogP contribution in [0.2, 0.25) is 0 Å². The van der Waals surface area contributed by atoms with Crippen LogP contribution in [0.1, 0.15) is 31.7 Å². The molecule has 7 nitrogen and oxygen atoms in total. The number of nitrogens with zero attached hydrogens (tertiary/aromatic N) is 1. The Morgan fingerprint density at radius 2 is 1.81 bits per heavy atom. The van der Waals surface area contributed by atoms with E-state index in [0.29, 0.717) is 37.7 Å². The molecule has 1 N–H and O–H groups in total. The number of hydrogen-bond donors (Lipinski definition) is 1. The third-order valence-electron chi connectivity index (χ3n) is 5.55. The second-order valence-electron chi connectivity index (χ2n) is 8.05. The zero-order valence-electron chi connectivity index (χ0n) is 18.7. The number of carbonyl (C=O) groups excluding carboxylic acids is 1. The van der Waals surface area contributed by atoms with Gasteiger partial charge in [0.1, 0.15) is 11.5 Å². The van der Waals surface area contributed by atoms with Gasteiger partial charge in [-0.25, -0.2) is 13.1 Å². The molecule has 0 aromatic heterocycles. The smallest absolute Gasteiger partial charge is 0.260 e. The van der Waals surface area contributed by atoms with Crippen molar-refractivity contribution in [3.05, 3.63) is 54.1 Å². The van der Waals surface area contributed by atoms with Crippen molar-refractivity contribution in [2.24, 2.45) is 5.92 Å². The lowest BCUT2D eigenvalue weighted by atomic mass is 9.97. The number of rotatable bonds is 10. The minimum Gasteiger partial charge on any atom is -0.493 e. The fourth-order valence-corrected chi connectivity index (χ4v) is 4.81. The van der Waals surface area contributed by atoms with Gasteiger partial charge in [-0.1, -0.05) is 25.1 Å². The van der Waals surface area contributed by atoms with Crippen LogP contribution in [0.3, 0.4) is 0 Å². The molecule has 0 saturated carbocycles. The quantitative estimate of drug-likeness (QED) is 0.588. The number of sulfonamides is 1. The average Bonchev–Trinajstić information content (AvgIpc) is 2.81. The van der Waals surface area contributed by atoms with Crippen molar-refractivity contribution < 1.29 is 22.7 Å². The van der Waals surface area contributed by atoms with Gasteiger partial charge < -0.3 is 14.4 Å². The first-order chi connectivity index (χ1) is 15.4. The second-order valence-corrected chi connectivity index (χ2v) is 9.82. The molecule has 0 spiro atoms. The third-order valence-corrected chi connectivity index (χ3v) is 6.97. The van der Waals surface area contributed by atoms with E-state index in [4.69, 9.17) is 9.47 Å². The predicted molar refractivity (Wildman–Crippen MR) is 123 cm³/mol. The molecular formula is C24H32N2O5S. The summed E-state index contributed by atoms with van der Waals surface area (Å²) in [6.07, 6.45) is 2.40. The van der Waals surface area contributed by atoms with Crippen molar-refractivity contribution in [3.63, 3.8) is 0 Å². The Bertz CT molecular complexity index is 987. The van der Waals surface area contributed by atoms with Crippen LogP contribution in [0, 0.1) is 12.8 Å². The average molecular weight is 461 g/mol. The first-order valence-electron chi connectivity index (χ1n) is 11.1. The molecule has 174 valence electrons. The molecule has 0 unspecified atom stereocenters. The molecule has 1 amide bonds. The number of nitrogens with one attached hydrogen (secondary N) is 1. The minimum absolute atomic E-state index is 0.0125. The number of hydrogen-bond acceptors (Lipinski definition) is 5. The fourth-order valence-electron chi connectivity index (χ4n) is 3.61. The van der Waals surface area contributed by atoms with Gasteiger partial charge in [0.15, 0.2) is 6.61 Å². The van der Waals surface area contributed by atoms with Crippen LogP contribution >= 0.6 is 0 Å². The summed E-state index contributed by atoms with van der Waals surface area (Å²) in [6.45, 7) is 6.05. The fraction of sp³-hybridized carbons (Fsp3) is 0.458. The van der Waals surface area contributed by atoms with Crippen LogP contribution in [0.25, 0.3) is 0 Å². The Hall–Kier alpha value is -2.58. The number of ether oxygens (including phenoxy) is 2. The number of carbonyl (C=O) groups is 1. The number of likely N-dealkylation sites (tertiary alicyclic amines) is 1. The summed E-state index contributed by atoms with van der Waals surface area (Å²) >= 11 is 0. The summed E-state index contributed by atoms with van der Waals surface area (Å²) in [4.78, 5) is 14.4. The number of benzene rings is 2. The lowest BCUT2D eigenvalue weighted by Crippen LogP contribution is -2.43. The standard InChI is InChI=1S/C24H32N2O5S/c1-3-15-30-23-10-9-22(16-19(23)2)32(28,29)25-17-20-11-13-26(14-12-20)24(27)18-31-21-7-5-4-6-8-21/h4-10,16,20,25H,3,11-15,17-18H2,1-2H3. The number of amides is 1. The molecule has 1 fully saturated rings. The van der Waals surface area contributed by atoms with E-state index in [1.165, 1.54) is 0 Å². The maximum atomic E-state index is 12.7. The van der Waals surface area contributed by atoms with Gasteiger partial charge in [0.25, 0.3) is 5.91 Å². The van der Waals surface area contributed by atoms with Crippen molar-refractivity contribution in [3.8, 4) is 11.5 Å². The van der Waals surface area contributed by atoms with Crippen LogP contribution in [0.4, 0.5) is 0 Å². The molecule has 0 atom stereocenters. The highest BCUT2D eigenvalue weighted by atomic mass is 32.2. The molecule has 2 aromatic carbocycles. The van der Waals surface area contributed by atoms with E-state index in [0.717, 1.165) is 24.8 Å². The second kappa shape index (κ2) is 11.3. The zero-order chi connectivity index (χ0) is 23.0. The van der Waals surface area contributed by atoms with Gasteiger partial charge in [-0.2, -0.15) is 0 Å². The van der Waals surface area contributed by atoms with Crippen LogP contribution in [0.15, 0.2) is 53.4 Å². The maximum Gasteiger partial charge on any atom is 0.260 e. The number of piperidine rings is 1. The SMILES string of the molecule is CCCOc1ccc(S(=O)(=O)NCC2CCN(C(=O)COc3ccccc3)CC2)cc1C. The molecule has 0 bridgehead atoms. The summed E-state index contributed by atoms with van der Waals surface area (Å²) < 4.78 is 39.3. The molecule has 2 aromatic rings. The summed E-state index contributed by atoms with van der Waals surface area (Å²) in [6, 6.07) is 14.2. The number of para-hydroxylation sites is 1. The Kier molecular flexibility index (Phi) is 8.53. The van der Waals surface area contributed by atoms with Crippen LogP contribution in [0.5, 0.6) is 11.5 Å². The van der Waals surface area contributed by atoms with Crippen LogP contribution in [-0.4, -0.2) is 52.1 Å². The number of aryl methyl sites for hydroxylation is 1.